The molecule has 1 aliphatic rings. The molecule has 1 aliphatic heterocycles. The number of anilines is 1. The van der Waals surface area contributed by atoms with Crippen LogP contribution in [-0.4, -0.2) is 56.4 Å². The summed E-state index contributed by atoms with van der Waals surface area (Å²) < 4.78 is 5.99. The molecule has 1 N–H and O–H groups in total. The number of aryl methyl sites for hydroxylation is 2. The SMILES string of the molecule is CCN1CCN(C(=O)Nc2ccc(Oc3ccnc(-c4ccc(C)nc4)c3)c(C)n2)C1=O. The highest BCUT2D eigenvalue weighted by Gasteiger charge is 2.32. The molecule has 164 valence electrons. The summed E-state index contributed by atoms with van der Waals surface area (Å²) in [5.74, 6) is 1.51. The van der Waals surface area contributed by atoms with Crippen LogP contribution in [0.15, 0.2) is 48.8 Å². The van der Waals surface area contributed by atoms with Crippen molar-refractivity contribution in [3.05, 3.63) is 60.2 Å². The van der Waals surface area contributed by atoms with Crippen molar-refractivity contribution in [2.45, 2.75) is 20.8 Å². The number of ether oxygens (including phenoxy) is 1. The van der Waals surface area contributed by atoms with Crippen LogP contribution in [0.2, 0.25) is 0 Å². The third-order valence-corrected chi connectivity index (χ3v) is 5.16. The summed E-state index contributed by atoms with van der Waals surface area (Å²) in [5, 5.41) is 2.68. The summed E-state index contributed by atoms with van der Waals surface area (Å²) in [7, 11) is 0. The van der Waals surface area contributed by atoms with Crippen molar-refractivity contribution in [1.29, 1.82) is 0 Å². The second kappa shape index (κ2) is 9.01. The molecule has 0 unspecified atom stereocenters. The second-order valence-electron chi connectivity index (χ2n) is 7.39. The Balaban J connectivity index is 1.45. The summed E-state index contributed by atoms with van der Waals surface area (Å²) in [4.78, 5) is 40.5. The van der Waals surface area contributed by atoms with Crippen molar-refractivity contribution in [2.24, 2.45) is 0 Å². The van der Waals surface area contributed by atoms with Crippen LogP contribution >= 0.6 is 0 Å². The van der Waals surface area contributed by atoms with E-state index in [1.807, 2.05) is 32.0 Å². The number of nitrogens with one attached hydrogen (secondary N) is 1. The first-order valence-corrected chi connectivity index (χ1v) is 10.4. The van der Waals surface area contributed by atoms with E-state index in [-0.39, 0.29) is 6.03 Å². The van der Waals surface area contributed by atoms with Crippen LogP contribution in [0.25, 0.3) is 11.3 Å². The third-order valence-electron chi connectivity index (χ3n) is 5.16. The van der Waals surface area contributed by atoms with Crippen molar-refractivity contribution in [3.63, 3.8) is 0 Å². The van der Waals surface area contributed by atoms with Gasteiger partial charge in [0.05, 0.1) is 11.4 Å². The van der Waals surface area contributed by atoms with Crippen LogP contribution in [0.3, 0.4) is 0 Å². The van der Waals surface area contributed by atoms with Crippen LogP contribution in [0, 0.1) is 13.8 Å². The molecule has 9 nitrogen and oxygen atoms in total. The molecule has 9 heteroatoms. The molecule has 1 fully saturated rings. The summed E-state index contributed by atoms with van der Waals surface area (Å²) in [6, 6.07) is 10.1. The van der Waals surface area contributed by atoms with Gasteiger partial charge in [0.25, 0.3) is 0 Å². The molecule has 4 amide bonds. The number of hydrogen-bond acceptors (Lipinski definition) is 6. The summed E-state index contributed by atoms with van der Waals surface area (Å²) in [6.45, 7) is 7.07. The van der Waals surface area contributed by atoms with Crippen molar-refractivity contribution in [3.8, 4) is 22.8 Å². The fourth-order valence-electron chi connectivity index (χ4n) is 3.35. The highest BCUT2D eigenvalue weighted by Crippen LogP contribution is 2.28. The van der Waals surface area contributed by atoms with Crippen molar-refractivity contribution < 1.29 is 14.3 Å². The van der Waals surface area contributed by atoms with Gasteiger partial charge >= 0.3 is 12.1 Å². The number of nitrogens with zero attached hydrogens (tertiary/aromatic N) is 5. The Labute approximate surface area is 186 Å². The molecular formula is C23H24N6O3. The molecule has 0 radical (unpaired) electrons. The lowest BCUT2D eigenvalue weighted by molar-refractivity contribution is 0.192. The molecule has 0 spiro atoms. The summed E-state index contributed by atoms with van der Waals surface area (Å²) >= 11 is 0. The number of rotatable bonds is 5. The van der Waals surface area contributed by atoms with E-state index in [1.165, 1.54) is 4.90 Å². The van der Waals surface area contributed by atoms with Crippen LogP contribution in [-0.2, 0) is 0 Å². The van der Waals surface area contributed by atoms with Gasteiger partial charge in [-0.15, -0.1) is 0 Å². The smallest absolute Gasteiger partial charge is 0.331 e. The molecule has 0 atom stereocenters. The monoisotopic (exact) mass is 432 g/mol. The molecule has 3 aromatic heterocycles. The Morgan fingerprint density at radius 3 is 2.66 bits per heavy atom. The number of pyridine rings is 3. The number of carbonyl (C=O) groups is 2. The lowest BCUT2D eigenvalue weighted by Crippen LogP contribution is -2.39. The van der Waals surface area contributed by atoms with Crippen LogP contribution in [0.1, 0.15) is 18.3 Å². The molecule has 0 aliphatic carbocycles. The Morgan fingerprint density at radius 1 is 1.12 bits per heavy atom. The number of aromatic nitrogens is 3. The van der Waals surface area contributed by atoms with Gasteiger partial charge in [0, 0.05) is 49.4 Å². The molecule has 1 saturated heterocycles. The van der Waals surface area contributed by atoms with Gasteiger partial charge in [-0.3, -0.25) is 15.3 Å². The van der Waals surface area contributed by atoms with E-state index in [1.54, 1.807) is 42.4 Å². The topological polar surface area (TPSA) is 101 Å². The normalized spacial score (nSPS) is 13.4. The van der Waals surface area contributed by atoms with Gasteiger partial charge in [-0.2, -0.15) is 0 Å². The van der Waals surface area contributed by atoms with E-state index >= 15 is 0 Å². The second-order valence-corrected chi connectivity index (χ2v) is 7.39. The van der Waals surface area contributed by atoms with Gasteiger partial charge in [0.1, 0.15) is 17.3 Å². The lowest BCUT2D eigenvalue weighted by Gasteiger charge is -2.16. The van der Waals surface area contributed by atoms with Crippen molar-refractivity contribution >= 4 is 17.9 Å². The van der Waals surface area contributed by atoms with Crippen LogP contribution in [0.5, 0.6) is 11.5 Å². The van der Waals surface area contributed by atoms with E-state index in [0.717, 1.165) is 17.0 Å². The molecule has 4 heterocycles. The highest BCUT2D eigenvalue weighted by molar-refractivity contribution is 6.01. The first kappa shape index (κ1) is 21.2. The zero-order valence-electron chi connectivity index (χ0n) is 18.2. The number of likely N-dealkylation sites (N-methyl/N-ethyl adjacent to an activating group) is 1. The maximum atomic E-state index is 12.5. The zero-order chi connectivity index (χ0) is 22.7. The zero-order valence-corrected chi connectivity index (χ0v) is 18.2. The minimum atomic E-state index is -0.489. The number of urea groups is 2. The van der Waals surface area contributed by atoms with E-state index in [9.17, 15) is 9.59 Å². The van der Waals surface area contributed by atoms with Gasteiger partial charge in [-0.25, -0.2) is 19.5 Å². The van der Waals surface area contributed by atoms with E-state index in [0.29, 0.717) is 42.6 Å². The largest absolute Gasteiger partial charge is 0.455 e. The quantitative estimate of drug-likeness (QED) is 0.647. The summed E-state index contributed by atoms with van der Waals surface area (Å²) in [6.07, 6.45) is 3.45. The van der Waals surface area contributed by atoms with Crippen molar-refractivity contribution in [2.75, 3.05) is 25.0 Å². The third kappa shape index (κ3) is 4.51. The van der Waals surface area contributed by atoms with Gasteiger partial charge in [-0.05, 0) is 51.1 Å². The lowest BCUT2D eigenvalue weighted by atomic mass is 10.2. The molecule has 0 aromatic carbocycles. The molecule has 0 saturated carbocycles. The Bertz CT molecular complexity index is 1150. The summed E-state index contributed by atoms with van der Waals surface area (Å²) in [5.41, 5.74) is 3.18. The standard InChI is InChI=1S/C23H24N6O3/c1-4-28-11-12-29(23(28)31)22(30)27-21-8-7-20(16(3)26-21)32-18-9-10-24-19(13-18)17-6-5-15(2)25-14-17/h5-10,13-14H,4,11-12H2,1-3H3,(H,26,27,30). The average Bonchev–Trinajstić information content (AvgIpc) is 3.17. The predicted octanol–water partition coefficient (Wildman–Crippen LogP) is 4.24. The predicted molar refractivity (Wildman–Crippen MR) is 120 cm³/mol. The molecule has 3 aromatic rings. The van der Waals surface area contributed by atoms with E-state index in [4.69, 9.17) is 4.74 Å². The minimum Gasteiger partial charge on any atom is -0.455 e. The maximum absolute atomic E-state index is 12.5. The Kier molecular flexibility index (Phi) is 5.98. The molecule has 32 heavy (non-hydrogen) atoms. The average molecular weight is 432 g/mol. The number of imide groups is 1. The molecule has 4 rings (SSSR count). The fourth-order valence-corrected chi connectivity index (χ4v) is 3.35. The number of amides is 4. The van der Waals surface area contributed by atoms with E-state index in [2.05, 4.69) is 20.3 Å². The number of hydrogen-bond donors (Lipinski definition) is 1. The minimum absolute atomic E-state index is 0.293. The fraction of sp³-hybridized carbons (Fsp3) is 0.261. The maximum Gasteiger partial charge on any atom is 0.331 e. The molecular weight excluding hydrogens is 408 g/mol. The first-order chi connectivity index (χ1) is 15.4. The van der Waals surface area contributed by atoms with Gasteiger partial charge in [0.2, 0.25) is 0 Å². The number of carbonyl (C=O) groups excluding carboxylic acids is 2. The Hall–Kier alpha value is -4.01. The first-order valence-electron chi connectivity index (χ1n) is 10.4. The molecule has 0 bridgehead atoms. The van der Waals surface area contributed by atoms with Crippen LogP contribution < -0.4 is 10.1 Å². The van der Waals surface area contributed by atoms with Gasteiger partial charge in [0.15, 0.2) is 0 Å². The van der Waals surface area contributed by atoms with Crippen molar-refractivity contribution in [1.82, 2.24) is 24.8 Å². The Morgan fingerprint density at radius 2 is 1.97 bits per heavy atom. The highest BCUT2D eigenvalue weighted by atomic mass is 16.5. The van der Waals surface area contributed by atoms with Gasteiger partial charge in [-0.1, -0.05) is 0 Å². The van der Waals surface area contributed by atoms with Gasteiger partial charge < -0.3 is 9.64 Å². The van der Waals surface area contributed by atoms with E-state index < -0.39 is 6.03 Å². The van der Waals surface area contributed by atoms with Crippen LogP contribution in [0.4, 0.5) is 15.4 Å².